The third kappa shape index (κ3) is 46.3. The largest absolute Gasteiger partial charge is 0.462 e. The van der Waals surface area contributed by atoms with Crippen molar-refractivity contribution in [1.82, 2.24) is 0 Å². The van der Waals surface area contributed by atoms with Crippen molar-refractivity contribution in [2.45, 2.75) is 258 Å². The minimum Gasteiger partial charge on any atom is -0.462 e. The molecule has 0 saturated heterocycles. The summed E-state index contributed by atoms with van der Waals surface area (Å²) in [6.45, 7) is 6.46. The Hall–Kier alpha value is -2.63. The van der Waals surface area contributed by atoms with Crippen LogP contribution in [0.25, 0.3) is 0 Å². The van der Waals surface area contributed by atoms with Gasteiger partial charge < -0.3 is 14.2 Å². The Balaban J connectivity index is 4.29. The molecule has 1 atom stereocenters. The second-order valence-electron chi connectivity index (χ2n) is 16.7. The highest BCUT2D eigenvalue weighted by Gasteiger charge is 2.19. The van der Waals surface area contributed by atoms with E-state index in [0.29, 0.717) is 19.3 Å². The number of rotatable bonds is 45. The lowest BCUT2D eigenvalue weighted by atomic mass is 10.0. The highest BCUT2D eigenvalue weighted by molar-refractivity contribution is 5.71. The molecule has 0 bridgehead atoms. The van der Waals surface area contributed by atoms with E-state index in [9.17, 15) is 14.4 Å². The highest BCUT2D eigenvalue weighted by Crippen LogP contribution is 2.15. The van der Waals surface area contributed by atoms with Gasteiger partial charge in [0.2, 0.25) is 0 Å². The molecule has 0 radical (unpaired) electrons. The van der Waals surface area contributed by atoms with Crippen LogP contribution >= 0.6 is 0 Å². The maximum absolute atomic E-state index is 12.7. The molecular formula is C53H94O6. The number of carbonyl (C=O) groups is 3. The molecule has 0 aliphatic carbocycles. The number of carbonyl (C=O) groups excluding carboxylic acids is 3. The predicted molar refractivity (Wildman–Crippen MR) is 252 cm³/mol. The number of allylic oxidation sites excluding steroid dienone is 8. The van der Waals surface area contributed by atoms with Gasteiger partial charge in [0.05, 0.1) is 0 Å². The van der Waals surface area contributed by atoms with Crippen LogP contribution in [-0.2, 0) is 28.6 Å². The molecule has 0 saturated carbocycles. The first-order chi connectivity index (χ1) is 29.0. The molecule has 1 unspecified atom stereocenters. The van der Waals surface area contributed by atoms with Crippen LogP contribution < -0.4 is 0 Å². The number of hydrogen-bond donors (Lipinski definition) is 0. The molecule has 0 fully saturated rings. The number of ether oxygens (including phenoxy) is 3. The summed E-state index contributed by atoms with van der Waals surface area (Å²) in [5.74, 6) is -0.919. The van der Waals surface area contributed by atoms with Crippen LogP contribution in [0.5, 0.6) is 0 Å². The molecule has 0 aromatic rings. The molecule has 6 heteroatoms. The van der Waals surface area contributed by atoms with Crippen molar-refractivity contribution in [1.29, 1.82) is 0 Å². The summed E-state index contributed by atoms with van der Waals surface area (Å²) in [6, 6.07) is 0. The molecule has 0 aromatic carbocycles. The lowest BCUT2D eigenvalue weighted by Crippen LogP contribution is -2.30. The molecule has 0 aromatic heterocycles. The van der Waals surface area contributed by atoms with Crippen molar-refractivity contribution in [3.05, 3.63) is 48.6 Å². The van der Waals surface area contributed by atoms with Crippen LogP contribution in [0, 0.1) is 0 Å². The third-order valence-corrected chi connectivity index (χ3v) is 10.8. The van der Waals surface area contributed by atoms with Gasteiger partial charge in [-0.05, 0) is 70.6 Å². The first-order valence-electron chi connectivity index (χ1n) is 25.2. The Morgan fingerprint density at radius 2 is 0.712 bits per heavy atom. The summed E-state index contributed by atoms with van der Waals surface area (Å²) >= 11 is 0. The number of esters is 3. The van der Waals surface area contributed by atoms with Gasteiger partial charge in [-0.2, -0.15) is 0 Å². The van der Waals surface area contributed by atoms with E-state index < -0.39 is 6.10 Å². The van der Waals surface area contributed by atoms with E-state index in [-0.39, 0.29) is 31.1 Å². The average Bonchev–Trinajstić information content (AvgIpc) is 3.23. The van der Waals surface area contributed by atoms with Crippen LogP contribution in [0.15, 0.2) is 48.6 Å². The van der Waals surface area contributed by atoms with Crippen molar-refractivity contribution >= 4 is 17.9 Å². The second kappa shape index (κ2) is 48.0. The number of unbranched alkanes of at least 4 members (excludes halogenated alkanes) is 27. The topological polar surface area (TPSA) is 78.9 Å². The Bertz CT molecular complexity index is 1040. The molecule has 0 spiro atoms. The van der Waals surface area contributed by atoms with Gasteiger partial charge in [0.1, 0.15) is 13.2 Å². The van der Waals surface area contributed by atoms with Gasteiger partial charge in [0.25, 0.3) is 0 Å². The van der Waals surface area contributed by atoms with E-state index >= 15 is 0 Å². The zero-order chi connectivity index (χ0) is 43.0. The fraction of sp³-hybridized carbons (Fsp3) is 0.792. The predicted octanol–water partition coefficient (Wildman–Crippen LogP) is 16.3. The van der Waals surface area contributed by atoms with Gasteiger partial charge in [-0.1, -0.05) is 211 Å². The van der Waals surface area contributed by atoms with Crippen LogP contribution in [0.1, 0.15) is 252 Å². The molecule has 0 aliphatic heterocycles. The molecule has 59 heavy (non-hydrogen) atoms. The maximum Gasteiger partial charge on any atom is 0.306 e. The van der Waals surface area contributed by atoms with Crippen molar-refractivity contribution < 1.29 is 28.6 Å². The lowest BCUT2D eigenvalue weighted by molar-refractivity contribution is -0.167. The van der Waals surface area contributed by atoms with Gasteiger partial charge in [-0.3, -0.25) is 14.4 Å². The highest BCUT2D eigenvalue weighted by atomic mass is 16.6. The van der Waals surface area contributed by atoms with Gasteiger partial charge in [0.15, 0.2) is 6.10 Å². The van der Waals surface area contributed by atoms with Gasteiger partial charge in [0, 0.05) is 19.3 Å². The smallest absolute Gasteiger partial charge is 0.306 e. The van der Waals surface area contributed by atoms with Gasteiger partial charge in [-0.15, -0.1) is 0 Å². The van der Waals surface area contributed by atoms with E-state index in [4.69, 9.17) is 14.2 Å². The zero-order valence-corrected chi connectivity index (χ0v) is 39.0. The first-order valence-corrected chi connectivity index (χ1v) is 25.2. The fourth-order valence-corrected chi connectivity index (χ4v) is 7.06. The van der Waals surface area contributed by atoms with Gasteiger partial charge >= 0.3 is 17.9 Å². The van der Waals surface area contributed by atoms with E-state index in [1.54, 1.807) is 0 Å². The fourth-order valence-electron chi connectivity index (χ4n) is 7.06. The molecule has 0 rings (SSSR count). The maximum atomic E-state index is 12.7. The molecule has 0 N–H and O–H groups in total. The average molecular weight is 827 g/mol. The summed E-state index contributed by atoms with van der Waals surface area (Å²) in [5.41, 5.74) is 0. The zero-order valence-electron chi connectivity index (χ0n) is 39.0. The third-order valence-electron chi connectivity index (χ3n) is 10.8. The van der Waals surface area contributed by atoms with E-state index in [1.807, 2.05) is 0 Å². The standard InChI is InChI=1S/C53H94O6/c1-4-7-10-13-16-19-21-23-24-25-26-27-28-30-31-34-37-40-43-46-52(55)58-49-50(48-57-51(54)45-42-39-36-33-18-15-12-9-6-3)59-53(56)47-44-41-38-35-32-29-22-20-17-14-11-8-5-2/h9,12,16,18-19,21,23,33,50H,4-8,10-11,13-15,17,20,22,24-32,34-49H2,1-3H3/b12-9-,19-16-,23-21-,33-18-. The minimum atomic E-state index is -0.782. The van der Waals surface area contributed by atoms with Crippen molar-refractivity contribution in [2.24, 2.45) is 0 Å². The van der Waals surface area contributed by atoms with Crippen LogP contribution in [0.3, 0.4) is 0 Å². The molecule has 0 heterocycles. The first kappa shape index (κ1) is 56.4. The summed E-state index contributed by atoms with van der Waals surface area (Å²) in [4.78, 5) is 37.8. The Morgan fingerprint density at radius 1 is 0.373 bits per heavy atom. The Kier molecular flexibility index (Phi) is 45.9. The van der Waals surface area contributed by atoms with Crippen LogP contribution in [0.4, 0.5) is 0 Å². The summed E-state index contributed by atoms with van der Waals surface area (Å²) in [7, 11) is 0. The quantitative estimate of drug-likeness (QED) is 0.0200. The Morgan fingerprint density at radius 3 is 1.19 bits per heavy atom. The summed E-state index contributed by atoms with van der Waals surface area (Å²) < 4.78 is 16.7. The molecule has 6 nitrogen and oxygen atoms in total. The van der Waals surface area contributed by atoms with Crippen LogP contribution in [-0.4, -0.2) is 37.2 Å². The van der Waals surface area contributed by atoms with E-state index in [2.05, 4.69) is 69.4 Å². The monoisotopic (exact) mass is 827 g/mol. The van der Waals surface area contributed by atoms with E-state index in [1.165, 1.54) is 141 Å². The van der Waals surface area contributed by atoms with Crippen molar-refractivity contribution in [3.8, 4) is 0 Å². The lowest BCUT2D eigenvalue weighted by Gasteiger charge is -2.18. The normalized spacial score (nSPS) is 12.4. The van der Waals surface area contributed by atoms with E-state index in [0.717, 1.165) is 70.6 Å². The second-order valence-corrected chi connectivity index (χ2v) is 16.7. The Labute approximate surface area is 365 Å². The summed E-state index contributed by atoms with van der Waals surface area (Å²) in [5, 5.41) is 0. The molecule has 0 aliphatic rings. The molecular weight excluding hydrogens is 733 g/mol. The SMILES string of the molecule is CC/C=C\C/C=C\CCCCC(=O)OCC(COC(=O)CCCCCCCCCCCC/C=C\C=C/CCCCC)OC(=O)CCCCCCCCCCCCCCC. The molecule has 342 valence electrons. The minimum absolute atomic E-state index is 0.0831. The number of hydrogen-bond acceptors (Lipinski definition) is 6. The van der Waals surface area contributed by atoms with Crippen molar-refractivity contribution in [2.75, 3.05) is 13.2 Å². The molecule has 0 amide bonds. The van der Waals surface area contributed by atoms with Crippen molar-refractivity contribution in [3.63, 3.8) is 0 Å². The summed E-state index contributed by atoms with van der Waals surface area (Å²) in [6.07, 6.45) is 56.8. The van der Waals surface area contributed by atoms with Crippen LogP contribution in [0.2, 0.25) is 0 Å². The van der Waals surface area contributed by atoms with Gasteiger partial charge in [-0.25, -0.2) is 0 Å².